The second-order valence-corrected chi connectivity index (χ2v) is 7.32. The molecule has 0 atom stereocenters. The van der Waals surface area contributed by atoms with E-state index in [2.05, 4.69) is 15.5 Å². The highest BCUT2D eigenvalue weighted by molar-refractivity contribution is 7.17. The predicted octanol–water partition coefficient (Wildman–Crippen LogP) is 5.17. The van der Waals surface area contributed by atoms with E-state index in [1.165, 1.54) is 11.3 Å². The van der Waals surface area contributed by atoms with Gasteiger partial charge in [0.2, 0.25) is 5.13 Å². The van der Waals surface area contributed by atoms with Crippen LogP contribution in [0.4, 0.5) is 5.13 Å². The second kappa shape index (κ2) is 9.21. The zero-order valence-electron chi connectivity index (χ0n) is 14.8. The first-order valence-electron chi connectivity index (χ1n) is 7.91. The number of rotatable bonds is 7. The maximum Gasteiger partial charge on any atom is 0.350 e. The highest BCUT2D eigenvalue weighted by Gasteiger charge is 2.16. The second-order valence-electron chi connectivity index (χ2n) is 5.50. The molecule has 0 fully saturated rings. The lowest BCUT2D eigenvalue weighted by Crippen LogP contribution is -2.06. The Labute approximate surface area is 166 Å². The molecule has 2 aromatic rings. The van der Waals surface area contributed by atoms with Crippen molar-refractivity contribution >= 4 is 51.9 Å². The molecule has 0 unspecified atom stereocenters. The van der Waals surface area contributed by atoms with Crippen LogP contribution in [-0.2, 0) is 4.74 Å². The number of hydrogen-bond acceptors (Lipinski definition) is 7. The van der Waals surface area contributed by atoms with Crippen LogP contribution in [0.2, 0.25) is 10.0 Å². The molecular formula is C17H19Cl2N3O3S. The number of aromatic nitrogens is 1. The summed E-state index contributed by atoms with van der Waals surface area (Å²) in [4.78, 5) is 16.5. The van der Waals surface area contributed by atoms with Gasteiger partial charge in [0.15, 0.2) is 5.75 Å². The van der Waals surface area contributed by atoms with E-state index in [4.69, 9.17) is 32.7 Å². The zero-order chi connectivity index (χ0) is 19.3. The Kier molecular flexibility index (Phi) is 7.25. The number of anilines is 1. The van der Waals surface area contributed by atoms with Crippen LogP contribution in [0, 0.1) is 6.92 Å². The van der Waals surface area contributed by atoms with Crippen LogP contribution in [0.5, 0.6) is 5.75 Å². The van der Waals surface area contributed by atoms with Gasteiger partial charge in [0.05, 0.1) is 34.7 Å². The Balaban J connectivity index is 2.09. The van der Waals surface area contributed by atoms with Crippen molar-refractivity contribution < 1.29 is 14.3 Å². The van der Waals surface area contributed by atoms with Gasteiger partial charge in [-0.3, -0.25) is 5.43 Å². The fraction of sp³-hybridized carbons (Fsp3) is 0.353. The van der Waals surface area contributed by atoms with Crippen molar-refractivity contribution in [3.05, 3.63) is 38.3 Å². The van der Waals surface area contributed by atoms with E-state index in [0.29, 0.717) is 43.7 Å². The first-order valence-corrected chi connectivity index (χ1v) is 9.48. The van der Waals surface area contributed by atoms with Crippen molar-refractivity contribution in [2.24, 2.45) is 5.10 Å². The van der Waals surface area contributed by atoms with Gasteiger partial charge in [-0.2, -0.15) is 5.10 Å². The summed E-state index contributed by atoms with van der Waals surface area (Å²) >= 11 is 13.6. The SMILES string of the molecule is CCOC(=O)c1sc(N/N=C\c2cc(Cl)c(OC(C)C)c(Cl)c2)nc1C. The summed E-state index contributed by atoms with van der Waals surface area (Å²) in [6.07, 6.45) is 1.52. The van der Waals surface area contributed by atoms with Crippen LogP contribution in [-0.4, -0.2) is 29.9 Å². The molecule has 0 aliphatic carbocycles. The van der Waals surface area contributed by atoms with Crippen LogP contribution < -0.4 is 10.2 Å². The van der Waals surface area contributed by atoms with Crippen molar-refractivity contribution in [1.82, 2.24) is 4.98 Å². The van der Waals surface area contributed by atoms with Gasteiger partial charge in [0.1, 0.15) is 4.88 Å². The highest BCUT2D eigenvalue weighted by Crippen LogP contribution is 2.34. The molecule has 1 heterocycles. The van der Waals surface area contributed by atoms with Gasteiger partial charge < -0.3 is 9.47 Å². The number of benzene rings is 1. The Morgan fingerprint density at radius 3 is 2.62 bits per heavy atom. The summed E-state index contributed by atoms with van der Waals surface area (Å²) in [6.45, 7) is 7.60. The smallest absolute Gasteiger partial charge is 0.350 e. The van der Waals surface area contributed by atoms with E-state index in [-0.39, 0.29) is 12.1 Å². The number of nitrogens with one attached hydrogen (secondary N) is 1. The molecule has 9 heteroatoms. The molecular weight excluding hydrogens is 397 g/mol. The fourth-order valence-corrected chi connectivity index (χ4v) is 3.40. The van der Waals surface area contributed by atoms with E-state index in [1.807, 2.05) is 13.8 Å². The molecule has 140 valence electrons. The number of hydrogen-bond donors (Lipinski definition) is 1. The Morgan fingerprint density at radius 2 is 2.04 bits per heavy atom. The average molecular weight is 416 g/mol. The number of ether oxygens (including phenoxy) is 2. The molecule has 2 rings (SSSR count). The summed E-state index contributed by atoms with van der Waals surface area (Å²) in [6, 6.07) is 3.40. The van der Waals surface area contributed by atoms with Gasteiger partial charge in [0, 0.05) is 0 Å². The third kappa shape index (κ3) is 5.33. The van der Waals surface area contributed by atoms with E-state index >= 15 is 0 Å². The summed E-state index contributed by atoms with van der Waals surface area (Å²) in [5, 5.41) is 5.40. The molecule has 0 aliphatic rings. The molecule has 26 heavy (non-hydrogen) atoms. The highest BCUT2D eigenvalue weighted by atomic mass is 35.5. The minimum Gasteiger partial charge on any atom is -0.488 e. The van der Waals surface area contributed by atoms with E-state index in [1.54, 1.807) is 32.2 Å². The fourth-order valence-electron chi connectivity index (χ4n) is 1.99. The molecule has 1 aromatic carbocycles. The van der Waals surface area contributed by atoms with Crippen molar-refractivity contribution in [2.75, 3.05) is 12.0 Å². The molecule has 1 N–H and O–H groups in total. The van der Waals surface area contributed by atoms with Crippen molar-refractivity contribution in [2.45, 2.75) is 33.8 Å². The number of esters is 1. The number of hydrazone groups is 1. The van der Waals surface area contributed by atoms with Crippen LogP contribution in [0.3, 0.4) is 0 Å². The van der Waals surface area contributed by atoms with Gasteiger partial charge in [-0.25, -0.2) is 9.78 Å². The Bertz CT molecular complexity index is 799. The Morgan fingerprint density at radius 1 is 1.38 bits per heavy atom. The number of aryl methyl sites for hydroxylation is 1. The topological polar surface area (TPSA) is 72.8 Å². The molecule has 0 amide bonds. The summed E-state index contributed by atoms with van der Waals surface area (Å²) in [5.74, 6) is 0.0573. The quantitative estimate of drug-likeness (QED) is 0.383. The summed E-state index contributed by atoms with van der Waals surface area (Å²) < 4.78 is 10.6. The normalized spacial score (nSPS) is 11.2. The van der Waals surface area contributed by atoms with Gasteiger partial charge in [-0.1, -0.05) is 34.5 Å². The molecule has 0 radical (unpaired) electrons. The number of nitrogens with zero attached hydrogens (tertiary/aromatic N) is 2. The molecule has 6 nitrogen and oxygen atoms in total. The summed E-state index contributed by atoms with van der Waals surface area (Å²) in [7, 11) is 0. The lowest BCUT2D eigenvalue weighted by atomic mass is 10.2. The molecule has 0 aliphatic heterocycles. The van der Waals surface area contributed by atoms with Crippen molar-refractivity contribution in [3.8, 4) is 5.75 Å². The lowest BCUT2D eigenvalue weighted by molar-refractivity contribution is 0.0531. The molecule has 1 aromatic heterocycles. The van der Waals surface area contributed by atoms with Gasteiger partial charge in [0.25, 0.3) is 0 Å². The maximum atomic E-state index is 11.8. The van der Waals surface area contributed by atoms with Crippen molar-refractivity contribution in [1.29, 1.82) is 0 Å². The van der Waals surface area contributed by atoms with Crippen molar-refractivity contribution in [3.63, 3.8) is 0 Å². The average Bonchev–Trinajstić information content (AvgIpc) is 2.92. The van der Waals surface area contributed by atoms with Crippen LogP contribution >= 0.6 is 34.5 Å². The predicted molar refractivity (Wildman–Crippen MR) is 106 cm³/mol. The van der Waals surface area contributed by atoms with E-state index < -0.39 is 0 Å². The minimum absolute atomic E-state index is 0.0343. The monoisotopic (exact) mass is 415 g/mol. The third-order valence-corrected chi connectivity index (χ3v) is 4.61. The van der Waals surface area contributed by atoms with Gasteiger partial charge in [-0.05, 0) is 45.4 Å². The Hall–Kier alpha value is -1.83. The first-order chi connectivity index (χ1) is 12.3. The lowest BCUT2D eigenvalue weighted by Gasteiger charge is -2.13. The minimum atomic E-state index is -0.390. The largest absolute Gasteiger partial charge is 0.488 e. The molecule has 0 saturated heterocycles. The zero-order valence-corrected chi connectivity index (χ0v) is 17.1. The number of thiazole rings is 1. The summed E-state index contributed by atoms with van der Waals surface area (Å²) in [5.41, 5.74) is 4.08. The van der Waals surface area contributed by atoms with Crippen LogP contribution in [0.1, 0.15) is 41.7 Å². The van der Waals surface area contributed by atoms with Gasteiger partial charge in [-0.15, -0.1) is 0 Å². The van der Waals surface area contributed by atoms with Crippen LogP contribution in [0.15, 0.2) is 17.2 Å². The number of carbonyl (C=O) groups excluding carboxylic acids is 1. The van der Waals surface area contributed by atoms with Gasteiger partial charge >= 0.3 is 5.97 Å². The molecule has 0 bridgehead atoms. The molecule has 0 saturated carbocycles. The number of carbonyl (C=O) groups is 1. The number of halogens is 2. The maximum absolute atomic E-state index is 11.8. The third-order valence-electron chi connectivity index (χ3n) is 3.01. The first kappa shape index (κ1) is 20.5. The van der Waals surface area contributed by atoms with Crippen LogP contribution in [0.25, 0.3) is 0 Å². The van der Waals surface area contributed by atoms with E-state index in [9.17, 15) is 4.79 Å². The standard InChI is InChI=1S/C17H19Cl2N3O3S/c1-5-24-16(23)15-10(4)21-17(26-15)22-20-8-11-6-12(18)14(13(19)7-11)25-9(2)3/h6-9H,5H2,1-4H3,(H,21,22)/b20-8-. The molecule has 0 spiro atoms. The van der Waals surface area contributed by atoms with E-state index in [0.717, 1.165) is 0 Å².